The largest absolute Gasteiger partial charge is 0.472 e. The van der Waals surface area contributed by atoms with E-state index >= 15 is 0 Å². The number of pyridine rings is 1. The Bertz CT molecular complexity index is 444. The van der Waals surface area contributed by atoms with Gasteiger partial charge < -0.3 is 14.8 Å². The van der Waals surface area contributed by atoms with E-state index in [0.29, 0.717) is 19.3 Å². The number of nitrogens with one attached hydrogen (secondary N) is 1. The molecule has 20 heavy (non-hydrogen) atoms. The fourth-order valence-electron chi connectivity index (χ4n) is 2.18. The lowest BCUT2D eigenvalue weighted by Gasteiger charge is -2.18. The van der Waals surface area contributed by atoms with E-state index in [1.807, 2.05) is 20.8 Å². The van der Waals surface area contributed by atoms with E-state index in [1.165, 1.54) is 24.0 Å². The summed E-state index contributed by atoms with van der Waals surface area (Å²) < 4.78 is 11.4. The van der Waals surface area contributed by atoms with Gasteiger partial charge in [0.25, 0.3) is 0 Å². The van der Waals surface area contributed by atoms with Crippen LogP contribution >= 0.6 is 0 Å². The molecule has 1 fully saturated rings. The molecule has 1 heterocycles. The van der Waals surface area contributed by atoms with Crippen LogP contribution in [0.5, 0.6) is 5.88 Å². The maximum Gasteiger partial charge on any atom is 0.218 e. The normalized spacial score (nSPS) is 16.2. The average Bonchev–Trinajstić information content (AvgIpc) is 3.19. The molecule has 0 radical (unpaired) electrons. The number of aromatic nitrogens is 1. The van der Waals surface area contributed by atoms with Gasteiger partial charge in [-0.25, -0.2) is 4.98 Å². The van der Waals surface area contributed by atoms with Gasteiger partial charge in [0.1, 0.15) is 6.10 Å². The fourth-order valence-corrected chi connectivity index (χ4v) is 2.18. The Balaban J connectivity index is 2.06. The van der Waals surface area contributed by atoms with Gasteiger partial charge in [-0.3, -0.25) is 0 Å². The van der Waals surface area contributed by atoms with E-state index in [-0.39, 0.29) is 6.10 Å². The number of nitrogens with zero attached hydrogens (tertiary/aromatic N) is 1. The molecule has 4 nitrogen and oxygen atoms in total. The van der Waals surface area contributed by atoms with Crippen LogP contribution in [0.1, 0.15) is 43.5 Å². The smallest absolute Gasteiger partial charge is 0.218 e. The number of aryl methyl sites for hydroxylation is 2. The minimum absolute atomic E-state index is 0.0170. The second-order valence-electron chi connectivity index (χ2n) is 5.61. The molecule has 0 spiro atoms. The summed E-state index contributed by atoms with van der Waals surface area (Å²) in [5, 5.41) is 3.54. The highest BCUT2D eigenvalue weighted by Gasteiger charge is 2.22. The summed E-state index contributed by atoms with van der Waals surface area (Å²) in [6.07, 6.45) is 2.59. The van der Waals surface area contributed by atoms with Gasteiger partial charge in [-0.1, -0.05) is 0 Å². The monoisotopic (exact) mass is 278 g/mol. The van der Waals surface area contributed by atoms with Gasteiger partial charge in [-0.2, -0.15) is 0 Å². The third-order valence-corrected chi connectivity index (χ3v) is 3.45. The summed E-state index contributed by atoms with van der Waals surface area (Å²) in [6, 6.07) is 2.80. The zero-order valence-corrected chi connectivity index (χ0v) is 13.0. The topological polar surface area (TPSA) is 43.4 Å². The highest BCUT2D eigenvalue weighted by atomic mass is 16.5. The molecule has 1 aliphatic rings. The molecule has 4 heteroatoms. The van der Waals surface area contributed by atoms with Gasteiger partial charge in [0.05, 0.1) is 6.61 Å². The molecular formula is C16H26N2O2. The third-order valence-electron chi connectivity index (χ3n) is 3.45. The predicted octanol–water partition coefficient (Wildman–Crippen LogP) is 2.75. The van der Waals surface area contributed by atoms with E-state index in [1.54, 1.807) is 0 Å². The molecule has 1 aromatic rings. The molecule has 0 amide bonds. The summed E-state index contributed by atoms with van der Waals surface area (Å²) in [7, 11) is 0. The second-order valence-corrected chi connectivity index (χ2v) is 5.61. The van der Waals surface area contributed by atoms with Gasteiger partial charge in [0, 0.05) is 30.5 Å². The van der Waals surface area contributed by atoms with E-state index in [9.17, 15) is 0 Å². The molecule has 1 aromatic heterocycles. The first-order valence-electron chi connectivity index (χ1n) is 7.55. The molecular weight excluding hydrogens is 252 g/mol. The summed E-state index contributed by atoms with van der Waals surface area (Å²) in [5.41, 5.74) is 3.41. The minimum Gasteiger partial charge on any atom is -0.472 e. The molecule has 0 bridgehead atoms. The standard InChI is InChI=1S/C16H26N2O2/c1-5-19-10-13(4)20-16-15(9-17-14-6-7-14)11(2)8-12(3)18-16/h8,13-14,17H,5-7,9-10H2,1-4H3. The number of hydrogen-bond acceptors (Lipinski definition) is 4. The van der Waals surface area contributed by atoms with Crippen LogP contribution in [0.4, 0.5) is 0 Å². The second kappa shape index (κ2) is 7.04. The van der Waals surface area contributed by atoms with Crippen molar-refractivity contribution in [2.45, 2.75) is 59.2 Å². The lowest BCUT2D eigenvalue weighted by atomic mass is 10.1. The number of ether oxygens (including phenoxy) is 2. The van der Waals surface area contributed by atoms with E-state index in [2.05, 4.69) is 23.3 Å². The highest BCUT2D eigenvalue weighted by Crippen LogP contribution is 2.25. The SMILES string of the molecule is CCOCC(C)Oc1nc(C)cc(C)c1CNC1CC1. The lowest BCUT2D eigenvalue weighted by molar-refractivity contribution is 0.0626. The van der Waals surface area contributed by atoms with Gasteiger partial charge in [0.15, 0.2) is 0 Å². The van der Waals surface area contributed by atoms with Crippen molar-refractivity contribution in [3.63, 3.8) is 0 Å². The molecule has 1 N–H and O–H groups in total. The van der Waals surface area contributed by atoms with Crippen molar-refractivity contribution in [1.29, 1.82) is 0 Å². The number of hydrogen-bond donors (Lipinski definition) is 1. The molecule has 1 atom stereocenters. The minimum atomic E-state index is 0.0170. The molecule has 1 aliphatic carbocycles. The molecule has 1 saturated carbocycles. The Morgan fingerprint density at radius 2 is 2.15 bits per heavy atom. The van der Waals surface area contributed by atoms with Crippen molar-refractivity contribution in [3.05, 3.63) is 22.9 Å². The average molecular weight is 278 g/mol. The summed E-state index contributed by atoms with van der Waals surface area (Å²) in [6.45, 7) is 10.3. The molecule has 1 unspecified atom stereocenters. The molecule has 112 valence electrons. The van der Waals surface area contributed by atoms with E-state index in [4.69, 9.17) is 9.47 Å². The maximum atomic E-state index is 5.99. The van der Waals surface area contributed by atoms with Gasteiger partial charge in [-0.15, -0.1) is 0 Å². The van der Waals surface area contributed by atoms with Crippen LogP contribution in [0, 0.1) is 13.8 Å². The Morgan fingerprint density at radius 3 is 2.80 bits per heavy atom. The van der Waals surface area contributed by atoms with Crippen LogP contribution in [-0.2, 0) is 11.3 Å². The predicted molar refractivity (Wildman–Crippen MR) is 80.2 cm³/mol. The first-order valence-corrected chi connectivity index (χ1v) is 7.55. The Hall–Kier alpha value is -1.13. The van der Waals surface area contributed by atoms with Crippen LogP contribution in [0.2, 0.25) is 0 Å². The summed E-state index contributed by atoms with van der Waals surface area (Å²) in [5.74, 6) is 0.753. The lowest BCUT2D eigenvalue weighted by Crippen LogP contribution is -2.23. The zero-order chi connectivity index (χ0) is 14.5. The van der Waals surface area contributed by atoms with E-state index < -0.39 is 0 Å². The van der Waals surface area contributed by atoms with Crippen molar-refractivity contribution in [1.82, 2.24) is 10.3 Å². The van der Waals surface area contributed by atoms with Crippen molar-refractivity contribution in [2.24, 2.45) is 0 Å². The number of rotatable bonds is 8. The zero-order valence-electron chi connectivity index (χ0n) is 13.0. The maximum absolute atomic E-state index is 5.99. The van der Waals surface area contributed by atoms with E-state index in [0.717, 1.165) is 18.1 Å². The first-order chi connectivity index (χ1) is 9.60. The van der Waals surface area contributed by atoms with Gasteiger partial charge in [-0.05, 0) is 52.2 Å². The van der Waals surface area contributed by atoms with Crippen molar-refractivity contribution < 1.29 is 9.47 Å². The molecule has 0 aromatic carbocycles. The first kappa shape index (κ1) is 15.3. The van der Waals surface area contributed by atoms with Crippen LogP contribution in [-0.4, -0.2) is 30.3 Å². The van der Waals surface area contributed by atoms with Gasteiger partial charge in [0.2, 0.25) is 5.88 Å². The molecule has 0 aliphatic heterocycles. The molecule has 0 saturated heterocycles. The Labute approximate surface area is 121 Å². The highest BCUT2D eigenvalue weighted by molar-refractivity contribution is 5.36. The van der Waals surface area contributed by atoms with Crippen LogP contribution < -0.4 is 10.1 Å². The van der Waals surface area contributed by atoms with Crippen molar-refractivity contribution in [2.75, 3.05) is 13.2 Å². The third kappa shape index (κ3) is 4.46. The Morgan fingerprint density at radius 1 is 1.40 bits per heavy atom. The fraction of sp³-hybridized carbons (Fsp3) is 0.688. The summed E-state index contributed by atoms with van der Waals surface area (Å²) >= 11 is 0. The van der Waals surface area contributed by atoms with Crippen molar-refractivity contribution >= 4 is 0 Å². The van der Waals surface area contributed by atoms with Gasteiger partial charge >= 0.3 is 0 Å². The summed E-state index contributed by atoms with van der Waals surface area (Å²) in [4.78, 5) is 4.56. The van der Waals surface area contributed by atoms with Crippen LogP contribution in [0.3, 0.4) is 0 Å². The Kier molecular flexibility index (Phi) is 5.38. The van der Waals surface area contributed by atoms with Crippen LogP contribution in [0.15, 0.2) is 6.07 Å². The molecule has 2 rings (SSSR count). The van der Waals surface area contributed by atoms with Crippen molar-refractivity contribution in [3.8, 4) is 5.88 Å². The quantitative estimate of drug-likeness (QED) is 0.794. The van der Waals surface area contributed by atoms with Crippen LogP contribution in [0.25, 0.3) is 0 Å².